The van der Waals surface area contributed by atoms with Gasteiger partial charge >= 0.3 is 0 Å². The number of para-hydroxylation sites is 1. The first-order valence-corrected chi connectivity index (χ1v) is 8.69. The van der Waals surface area contributed by atoms with Crippen molar-refractivity contribution in [3.8, 4) is 17.2 Å². The van der Waals surface area contributed by atoms with Crippen molar-refractivity contribution in [2.24, 2.45) is 0 Å². The minimum absolute atomic E-state index is 0.768. The molecule has 0 unspecified atom stereocenters. The molecule has 1 N–H and O–H groups in total. The zero-order valence-electron chi connectivity index (χ0n) is 13.7. The highest BCUT2D eigenvalue weighted by Gasteiger charge is 2.11. The van der Waals surface area contributed by atoms with Crippen molar-refractivity contribution < 1.29 is 14.4 Å². The average Bonchev–Trinajstić information content (AvgIpc) is 2.85. The smallest absolute Gasteiger partial charge is 0.137 e. The van der Waals surface area contributed by atoms with Gasteiger partial charge in [-0.2, -0.15) is 0 Å². The fourth-order valence-electron chi connectivity index (χ4n) is 3.04. The lowest BCUT2D eigenvalue weighted by molar-refractivity contribution is -0.899. The lowest BCUT2D eigenvalue weighted by Crippen LogP contribution is -3.12. The molecule has 0 spiro atoms. The minimum Gasteiger partial charge on any atom is -0.488 e. The minimum atomic E-state index is 0.768. The Morgan fingerprint density at radius 3 is 2.22 bits per heavy atom. The summed E-state index contributed by atoms with van der Waals surface area (Å²) < 4.78 is 11.8. The normalized spacial score (nSPS) is 15.8. The summed E-state index contributed by atoms with van der Waals surface area (Å²) in [6.45, 7) is 4.44. The van der Waals surface area contributed by atoms with E-state index in [0.29, 0.717) is 0 Å². The number of rotatable bonds is 6. The van der Waals surface area contributed by atoms with Gasteiger partial charge < -0.3 is 14.4 Å². The van der Waals surface area contributed by atoms with Crippen LogP contribution in [0.2, 0.25) is 0 Å². The molecule has 0 atom stereocenters. The van der Waals surface area contributed by atoms with Crippen LogP contribution in [-0.4, -0.2) is 26.2 Å². The van der Waals surface area contributed by atoms with E-state index < -0.39 is 0 Å². The first kappa shape index (κ1) is 15.9. The Labute approximate surface area is 138 Å². The zero-order valence-corrected chi connectivity index (χ0v) is 13.7. The lowest BCUT2D eigenvalue weighted by atomic mass is 10.2. The molecule has 2 aromatic rings. The van der Waals surface area contributed by atoms with E-state index in [1.165, 1.54) is 38.8 Å². The number of hydrogen-bond donors (Lipinski definition) is 1. The largest absolute Gasteiger partial charge is 0.488 e. The van der Waals surface area contributed by atoms with Crippen LogP contribution in [0.1, 0.15) is 25.7 Å². The molecule has 3 nitrogen and oxygen atoms in total. The van der Waals surface area contributed by atoms with Gasteiger partial charge in [-0.1, -0.05) is 24.3 Å². The molecule has 0 radical (unpaired) electrons. The summed E-state index contributed by atoms with van der Waals surface area (Å²) in [5.41, 5.74) is 0. The van der Waals surface area contributed by atoms with Gasteiger partial charge in [-0.25, -0.2) is 0 Å². The topological polar surface area (TPSA) is 22.9 Å². The number of quaternary nitrogens is 1. The highest BCUT2D eigenvalue weighted by molar-refractivity contribution is 5.36. The molecule has 0 saturated carbocycles. The quantitative estimate of drug-likeness (QED) is 0.884. The number of hydrogen-bond acceptors (Lipinski definition) is 2. The van der Waals surface area contributed by atoms with Crippen molar-refractivity contribution in [2.75, 3.05) is 26.2 Å². The number of ether oxygens (including phenoxy) is 2. The van der Waals surface area contributed by atoms with E-state index in [2.05, 4.69) is 0 Å². The Morgan fingerprint density at radius 1 is 0.739 bits per heavy atom. The van der Waals surface area contributed by atoms with E-state index in [1.807, 2.05) is 54.6 Å². The summed E-state index contributed by atoms with van der Waals surface area (Å²) in [7, 11) is 0. The molecule has 122 valence electrons. The van der Waals surface area contributed by atoms with Gasteiger partial charge in [0, 0.05) is 6.07 Å². The fraction of sp³-hybridized carbons (Fsp3) is 0.400. The first-order valence-electron chi connectivity index (χ1n) is 8.69. The van der Waals surface area contributed by atoms with E-state index in [4.69, 9.17) is 9.47 Å². The summed E-state index contributed by atoms with van der Waals surface area (Å²) in [5, 5.41) is 0. The maximum Gasteiger partial charge on any atom is 0.137 e. The maximum absolute atomic E-state index is 5.93. The molecule has 0 amide bonds. The number of nitrogens with one attached hydrogen (secondary N) is 1. The third-order valence-corrected chi connectivity index (χ3v) is 4.32. The zero-order chi connectivity index (χ0) is 15.7. The molecule has 0 bridgehead atoms. The van der Waals surface area contributed by atoms with Crippen LogP contribution in [0.4, 0.5) is 0 Å². The molecule has 1 aliphatic rings. The van der Waals surface area contributed by atoms with Crippen molar-refractivity contribution in [3.63, 3.8) is 0 Å². The fourth-order valence-corrected chi connectivity index (χ4v) is 3.04. The summed E-state index contributed by atoms with van der Waals surface area (Å²) in [6.07, 6.45) is 5.50. The summed E-state index contributed by atoms with van der Waals surface area (Å²) in [5.74, 6) is 2.54. The van der Waals surface area contributed by atoms with Gasteiger partial charge in [0.25, 0.3) is 0 Å². The van der Waals surface area contributed by atoms with E-state index in [0.717, 1.165) is 30.4 Å². The second-order valence-electron chi connectivity index (χ2n) is 6.15. The Balaban J connectivity index is 1.49. The van der Waals surface area contributed by atoms with Crippen LogP contribution in [-0.2, 0) is 0 Å². The van der Waals surface area contributed by atoms with E-state index in [1.54, 1.807) is 4.90 Å². The third kappa shape index (κ3) is 5.29. The van der Waals surface area contributed by atoms with Crippen LogP contribution in [0.15, 0.2) is 54.6 Å². The van der Waals surface area contributed by atoms with Gasteiger partial charge in [-0.05, 0) is 49.9 Å². The van der Waals surface area contributed by atoms with E-state index >= 15 is 0 Å². The second kappa shape index (κ2) is 8.59. The Bertz CT molecular complexity index is 577. The highest BCUT2D eigenvalue weighted by Crippen LogP contribution is 2.24. The monoisotopic (exact) mass is 312 g/mol. The predicted molar refractivity (Wildman–Crippen MR) is 92.5 cm³/mol. The van der Waals surface area contributed by atoms with Crippen molar-refractivity contribution in [3.05, 3.63) is 54.6 Å². The molecule has 1 heterocycles. The van der Waals surface area contributed by atoms with Crippen LogP contribution in [0.5, 0.6) is 17.2 Å². The van der Waals surface area contributed by atoms with Crippen molar-refractivity contribution >= 4 is 0 Å². The molecule has 1 aliphatic heterocycles. The number of likely N-dealkylation sites (tertiary alicyclic amines) is 1. The molecule has 0 aliphatic carbocycles. The van der Waals surface area contributed by atoms with Crippen molar-refractivity contribution in [1.29, 1.82) is 0 Å². The molecule has 1 saturated heterocycles. The van der Waals surface area contributed by atoms with Gasteiger partial charge in [0.05, 0.1) is 13.1 Å². The Morgan fingerprint density at radius 2 is 1.43 bits per heavy atom. The lowest BCUT2D eigenvalue weighted by Gasteiger charge is -2.17. The molecule has 1 fully saturated rings. The standard InChI is InChI=1S/C20H25NO2/c1-2-7-14-21(13-6-1)15-16-22-19-11-8-12-20(17-19)23-18-9-4-3-5-10-18/h3-5,8-12,17H,1-2,6-7,13-16H2/p+1. The molecule has 23 heavy (non-hydrogen) atoms. The second-order valence-corrected chi connectivity index (χ2v) is 6.15. The van der Waals surface area contributed by atoms with Crippen molar-refractivity contribution in [1.82, 2.24) is 0 Å². The Hall–Kier alpha value is -2.00. The van der Waals surface area contributed by atoms with Gasteiger partial charge in [-0.3, -0.25) is 0 Å². The highest BCUT2D eigenvalue weighted by atomic mass is 16.5. The van der Waals surface area contributed by atoms with Gasteiger partial charge in [-0.15, -0.1) is 0 Å². The summed E-state index contributed by atoms with van der Waals surface area (Å²) in [6, 6.07) is 17.7. The molecular formula is C20H26NO2+. The van der Waals surface area contributed by atoms with Gasteiger partial charge in [0.15, 0.2) is 0 Å². The van der Waals surface area contributed by atoms with Crippen LogP contribution in [0.25, 0.3) is 0 Å². The van der Waals surface area contributed by atoms with Crippen LogP contribution < -0.4 is 14.4 Å². The van der Waals surface area contributed by atoms with E-state index in [9.17, 15) is 0 Å². The van der Waals surface area contributed by atoms with Gasteiger partial charge in [0.2, 0.25) is 0 Å². The third-order valence-electron chi connectivity index (χ3n) is 4.32. The average molecular weight is 312 g/mol. The number of benzene rings is 2. The molecular weight excluding hydrogens is 286 g/mol. The summed E-state index contributed by atoms with van der Waals surface area (Å²) in [4.78, 5) is 1.68. The van der Waals surface area contributed by atoms with E-state index in [-0.39, 0.29) is 0 Å². The molecule has 3 heteroatoms. The van der Waals surface area contributed by atoms with Crippen LogP contribution in [0.3, 0.4) is 0 Å². The first-order chi connectivity index (χ1) is 11.4. The summed E-state index contributed by atoms with van der Waals surface area (Å²) >= 11 is 0. The Kier molecular flexibility index (Phi) is 5.93. The predicted octanol–water partition coefficient (Wildman–Crippen LogP) is 3.32. The maximum atomic E-state index is 5.93. The van der Waals surface area contributed by atoms with Crippen LogP contribution in [0, 0.1) is 0 Å². The van der Waals surface area contributed by atoms with Crippen molar-refractivity contribution in [2.45, 2.75) is 25.7 Å². The molecule has 3 rings (SSSR count). The van der Waals surface area contributed by atoms with Crippen LogP contribution >= 0.6 is 0 Å². The molecule has 0 aromatic heterocycles. The molecule has 2 aromatic carbocycles. The SMILES string of the molecule is c1ccc(Oc2cccc(OCC[NH+]3CCCCCC3)c2)cc1. The van der Waals surface area contributed by atoms with Gasteiger partial charge in [0.1, 0.15) is 30.4 Å².